The zero-order chi connectivity index (χ0) is 21.1. The Bertz CT molecular complexity index is 1140. The fourth-order valence-electron chi connectivity index (χ4n) is 4.00. The SMILES string of the molecule is O=Cc1cnc(NC(=O)C(CC2CCCCC2)n2cnc3ccc(F)cc3c2=O)s1. The van der Waals surface area contributed by atoms with E-state index in [4.69, 9.17) is 0 Å². The molecule has 1 unspecified atom stereocenters. The number of halogens is 1. The molecule has 1 aromatic carbocycles. The van der Waals surface area contributed by atoms with Crippen LogP contribution in [-0.4, -0.2) is 26.7 Å². The number of fused-ring (bicyclic) bond motifs is 1. The highest BCUT2D eigenvalue weighted by molar-refractivity contribution is 7.17. The summed E-state index contributed by atoms with van der Waals surface area (Å²) < 4.78 is 15.0. The first kappa shape index (κ1) is 20.3. The summed E-state index contributed by atoms with van der Waals surface area (Å²) in [6, 6.07) is 3.04. The summed E-state index contributed by atoms with van der Waals surface area (Å²) in [6.07, 6.45) is 9.28. The van der Waals surface area contributed by atoms with E-state index in [0.29, 0.717) is 34.2 Å². The number of amides is 1. The van der Waals surface area contributed by atoms with E-state index in [1.165, 1.54) is 35.6 Å². The number of carbonyl (C=O) groups is 2. The van der Waals surface area contributed by atoms with E-state index in [1.54, 1.807) is 0 Å². The third-order valence-corrected chi connectivity index (χ3v) is 6.37. The van der Waals surface area contributed by atoms with Gasteiger partial charge in [-0.25, -0.2) is 14.4 Å². The number of carbonyl (C=O) groups excluding carboxylic acids is 2. The molecular weight excluding hydrogens is 407 g/mol. The first-order valence-electron chi connectivity index (χ1n) is 9.93. The Balaban J connectivity index is 1.69. The highest BCUT2D eigenvalue weighted by Gasteiger charge is 2.28. The number of nitrogens with one attached hydrogen (secondary N) is 1. The second-order valence-corrected chi connectivity index (χ2v) is 8.61. The van der Waals surface area contributed by atoms with Crippen LogP contribution in [0.5, 0.6) is 0 Å². The van der Waals surface area contributed by atoms with Crippen molar-refractivity contribution in [2.45, 2.75) is 44.6 Å². The molecule has 2 aromatic heterocycles. The van der Waals surface area contributed by atoms with E-state index in [0.717, 1.165) is 43.1 Å². The predicted octanol–water partition coefficient (Wildman–Crippen LogP) is 3.95. The van der Waals surface area contributed by atoms with Crippen molar-refractivity contribution >= 4 is 39.6 Å². The Kier molecular flexibility index (Phi) is 5.98. The van der Waals surface area contributed by atoms with Crippen molar-refractivity contribution in [2.24, 2.45) is 5.92 Å². The molecule has 0 spiro atoms. The van der Waals surface area contributed by atoms with E-state index >= 15 is 0 Å². The molecule has 1 aliphatic rings. The van der Waals surface area contributed by atoms with E-state index in [1.807, 2.05) is 0 Å². The maximum Gasteiger partial charge on any atom is 0.262 e. The standard InChI is InChI=1S/C21H21FN4O3S/c22-14-6-7-17-16(9-14)20(29)26(12-24-17)18(8-13-4-2-1-3-5-13)19(28)25-21-23-10-15(11-27)30-21/h6-7,9-13,18H,1-5,8H2,(H,23,25,28). The number of aldehydes is 1. The van der Waals surface area contributed by atoms with Crippen LogP contribution in [0.15, 0.2) is 35.5 Å². The first-order chi connectivity index (χ1) is 14.5. The molecule has 2 heterocycles. The summed E-state index contributed by atoms with van der Waals surface area (Å²) in [4.78, 5) is 45.8. The van der Waals surface area contributed by atoms with Gasteiger partial charge in [0.15, 0.2) is 11.4 Å². The number of rotatable bonds is 6. The fraction of sp³-hybridized carbons (Fsp3) is 0.381. The number of nitrogens with zero attached hydrogens (tertiary/aromatic N) is 3. The molecule has 4 rings (SSSR count). The highest BCUT2D eigenvalue weighted by atomic mass is 32.1. The van der Waals surface area contributed by atoms with Gasteiger partial charge in [0.2, 0.25) is 5.91 Å². The molecule has 30 heavy (non-hydrogen) atoms. The Morgan fingerprint density at radius 1 is 1.30 bits per heavy atom. The van der Waals surface area contributed by atoms with Crippen molar-refractivity contribution in [3.8, 4) is 0 Å². The summed E-state index contributed by atoms with van der Waals surface area (Å²) in [5.41, 5.74) is -0.0757. The van der Waals surface area contributed by atoms with Crippen molar-refractivity contribution in [3.05, 3.63) is 51.8 Å². The van der Waals surface area contributed by atoms with Gasteiger partial charge in [0.05, 0.1) is 28.3 Å². The van der Waals surface area contributed by atoms with E-state index < -0.39 is 23.3 Å². The Hall–Kier alpha value is -2.94. The normalized spacial score (nSPS) is 15.8. The zero-order valence-electron chi connectivity index (χ0n) is 16.2. The van der Waals surface area contributed by atoms with Crippen molar-refractivity contribution < 1.29 is 14.0 Å². The molecule has 1 saturated carbocycles. The Morgan fingerprint density at radius 3 is 2.83 bits per heavy atom. The predicted molar refractivity (Wildman–Crippen MR) is 112 cm³/mol. The molecule has 7 nitrogen and oxygen atoms in total. The minimum Gasteiger partial charge on any atom is -0.300 e. The van der Waals surface area contributed by atoms with Crippen LogP contribution in [0.4, 0.5) is 9.52 Å². The lowest BCUT2D eigenvalue weighted by Gasteiger charge is -2.27. The van der Waals surface area contributed by atoms with Gasteiger partial charge in [-0.15, -0.1) is 0 Å². The van der Waals surface area contributed by atoms with Gasteiger partial charge in [0.1, 0.15) is 11.9 Å². The average Bonchev–Trinajstić information content (AvgIpc) is 3.21. The van der Waals surface area contributed by atoms with Crippen LogP contribution in [0.2, 0.25) is 0 Å². The number of hydrogen-bond acceptors (Lipinski definition) is 6. The molecule has 1 N–H and O–H groups in total. The van der Waals surface area contributed by atoms with Gasteiger partial charge in [-0.1, -0.05) is 43.4 Å². The van der Waals surface area contributed by atoms with Gasteiger partial charge in [-0.3, -0.25) is 19.0 Å². The number of benzene rings is 1. The molecule has 0 saturated heterocycles. The van der Waals surface area contributed by atoms with Crippen LogP contribution in [0.1, 0.15) is 54.2 Å². The van der Waals surface area contributed by atoms with Gasteiger partial charge >= 0.3 is 0 Å². The lowest BCUT2D eigenvalue weighted by Crippen LogP contribution is -2.35. The second kappa shape index (κ2) is 8.83. The smallest absolute Gasteiger partial charge is 0.262 e. The van der Waals surface area contributed by atoms with Crippen LogP contribution in [-0.2, 0) is 4.79 Å². The van der Waals surface area contributed by atoms with Crippen LogP contribution < -0.4 is 10.9 Å². The topological polar surface area (TPSA) is 93.9 Å². The fourth-order valence-corrected chi connectivity index (χ4v) is 4.64. The van der Waals surface area contributed by atoms with Gasteiger partial charge in [-0.2, -0.15) is 0 Å². The molecule has 9 heteroatoms. The van der Waals surface area contributed by atoms with Crippen molar-refractivity contribution in [1.29, 1.82) is 0 Å². The zero-order valence-corrected chi connectivity index (χ0v) is 17.0. The minimum absolute atomic E-state index is 0.136. The molecule has 1 amide bonds. The van der Waals surface area contributed by atoms with Crippen LogP contribution in [0.3, 0.4) is 0 Å². The molecule has 3 aromatic rings. The third kappa shape index (κ3) is 4.30. The molecule has 1 atom stereocenters. The van der Waals surface area contributed by atoms with E-state index in [2.05, 4.69) is 15.3 Å². The lowest BCUT2D eigenvalue weighted by atomic mass is 9.84. The first-order valence-corrected chi connectivity index (χ1v) is 10.7. The summed E-state index contributed by atoms with van der Waals surface area (Å²) in [6.45, 7) is 0. The van der Waals surface area contributed by atoms with Gasteiger partial charge < -0.3 is 5.32 Å². The van der Waals surface area contributed by atoms with E-state index in [9.17, 15) is 18.8 Å². The largest absolute Gasteiger partial charge is 0.300 e. The van der Waals surface area contributed by atoms with E-state index in [-0.39, 0.29) is 5.39 Å². The highest BCUT2D eigenvalue weighted by Crippen LogP contribution is 2.31. The summed E-state index contributed by atoms with van der Waals surface area (Å²) in [7, 11) is 0. The molecule has 0 radical (unpaired) electrons. The third-order valence-electron chi connectivity index (χ3n) is 5.53. The molecule has 0 bridgehead atoms. The van der Waals surface area contributed by atoms with Crippen molar-refractivity contribution in [1.82, 2.24) is 14.5 Å². The van der Waals surface area contributed by atoms with Crippen LogP contribution >= 0.6 is 11.3 Å². The second-order valence-electron chi connectivity index (χ2n) is 7.55. The molecule has 1 fully saturated rings. The monoisotopic (exact) mass is 428 g/mol. The average molecular weight is 428 g/mol. The van der Waals surface area contributed by atoms with Crippen LogP contribution in [0, 0.1) is 11.7 Å². The van der Waals surface area contributed by atoms with Gasteiger partial charge in [-0.05, 0) is 30.5 Å². The number of hydrogen-bond donors (Lipinski definition) is 1. The maximum atomic E-state index is 13.7. The van der Waals surface area contributed by atoms with Crippen molar-refractivity contribution in [2.75, 3.05) is 5.32 Å². The Labute approximate surface area is 176 Å². The van der Waals surface area contributed by atoms with Gasteiger partial charge in [0.25, 0.3) is 5.56 Å². The van der Waals surface area contributed by atoms with Crippen molar-refractivity contribution in [3.63, 3.8) is 0 Å². The Morgan fingerprint density at radius 2 is 2.10 bits per heavy atom. The number of anilines is 1. The quantitative estimate of drug-likeness (QED) is 0.600. The summed E-state index contributed by atoms with van der Waals surface area (Å²) in [5, 5.41) is 3.15. The molecular formula is C21H21FN4O3S. The summed E-state index contributed by atoms with van der Waals surface area (Å²) >= 11 is 1.06. The molecule has 156 valence electrons. The molecule has 0 aliphatic heterocycles. The van der Waals surface area contributed by atoms with Crippen LogP contribution in [0.25, 0.3) is 10.9 Å². The minimum atomic E-state index is -0.802. The molecule has 1 aliphatic carbocycles. The lowest BCUT2D eigenvalue weighted by molar-refractivity contribution is -0.120. The number of thiazole rings is 1. The van der Waals surface area contributed by atoms with Gasteiger partial charge in [0, 0.05) is 0 Å². The maximum absolute atomic E-state index is 13.7. The number of aromatic nitrogens is 3. The summed E-state index contributed by atoms with van der Waals surface area (Å²) in [5.74, 6) is -0.616.